The molecule has 0 N–H and O–H groups in total. The van der Waals surface area contributed by atoms with Gasteiger partial charge in [-0.15, -0.1) is 0 Å². The van der Waals surface area contributed by atoms with Gasteiger partial charge in [-0.25, -0.2) is 9.37 Å². The number of hydrogen-bond acceptors (Lipinski definition) is 4. The smallest absolute Gasteiger partial charge is 0.192 e. The second kappa shape index (κ2) is 5.57. The highest BCUT2D eigenvalue weighted by Gasteiger charge is 2.21. The van der Waals surface area contributed by atoms with Gasteiger partial charge in [0.25, 0.3) is 0 Å². The first-order chi connectivity index (χ1) is 11.2. The lowest BCUT2D eigenvalue weighted by molar-refractivity contribution is 0.559. The molecule has 4 nitrogen and oxygen atoms in total. The molecule has 0 spiro atoms. The number of rotatable bonds is 2. The highest BCUT2D eigenvalue weighted by Crippen LogP contribution is 2.28. The topological polar surface area (TPSA) is 32.5 Å². The molecule has 1 aliphatic rings. The molecule has 0 unspecified atom stereocenters. The zero-order chi connectivity index (χ0) is 15.8. The molecule has 0 atom stereocenters. The quantitative estimate of drug-likeness (QED) is 0.724. The summed E-state index contributed by atoms with van der Waals surface area (Å²) in [4.78, 5) is 8.58. The predicted molar refractivity (Wildman–Crippen MR) is 89.6 cm³/mol. The van der Waals surface area contributed by atoms with Crippen LogP contribution >= 0.6 is 0 Å². The van der Waals surface area contributed by atoms with Crippen molar-refractivity contribution in [1.29, 1.82) is 0 Å². The van der Waals surface area contributed by atoms with Crippen LogP contribution in [0.2, 0.25) is 0 Å². The molecule has 4 rings (SSSR count). The molecule has 0 radical (unpaired) electrons. The lowest BCUT2D eigenvalue weighted by Crippen LogP contribution is -2.46. The number of para-hydroxylation sites is 1. The second-order valence-corrected chi connectivity index (χ2v) is 5.81. The molecule has 2 aromatic carbocycles. The van der Waals surface area contributed by atoms with Crippen molar-refractivity contribution in [3.63, 3.8) is 0 Å². The van der Waals surface area contributed by atoms with Gasteiger partial charge in [0.1, 0.15) is 11.3 Å². The van der Waals surface area contributed by atoms with Crippen molar-refractivity contribution in [3.05, 3.63) is 54.2 Å². The molecule has 23 heavy (non-hydrogen) atoms. The maximum atomic E-state index is 14.4. The van der Waals surface area contributed by atoms with Crippen LogP contribution in [0.25, 0.3) is 11.1 Å². The van der Waals surface area contributed by atoms with Gasteiger partial charge in [-0.1, -0.05) is 18.2 Å². The van der Waals surface area contributed by atoms with Gasteiger partial charge in [-0.2, -0.15) is 0 Å². The third kappa shape index (κ3) is 2.63. The molecule has 3 aromatic rings. The first-order valence-corrected chi connectivity index (χ1v) is 7.82. The van der Waals surface area contributed by atoms with E-state index >= 15 is 0 Å². The molecule has 2 heterocycles. The van der Waals surface area contributed by atoms with E-state index in [1.54, 1.807) is 13.0 Å². The molecule has 0 amide bonds. The Labute approximate surface area is 134 Å². The lowest BCUT2D eigenvalue weighted by Gasteiger charge is -2.37. The molecule has 1 saturated heterocycles. The Hall–Kier alpha value is -2.56. The fourth-order valence-corrected chi connectivity index (χ4v) is 3.14. The van der Waals surface area contributed by atoms with Crippen molar-refractivity contribution in [2.75, 3.05) is 36.0 Å². The van der Waals surface area contributed by atoms with Crippen LogP contribution in [-0.2, 0) is 0 Å². The Morgan fingerprint density at radius 3 is 2.43 bits per heavy atom. The van der Waals surface area contributed by atoms with Crippen LogP contribution in [-0.4, -0.2) is 31.2 Å². The number of fused-ring (bicyclic) bond motifs is 1. The summed E-state index contributed by atoms with van der Waals surface area (Å²) in [7, 11) is 0. The van der Waals surface area contributed by atoms with E-state index in [2.05, 4.69) is 26.9 Å². The summed E-state index contributed by atoms with van der Waals surface area (Å²) in [5, 5.41) is 0. The Morgan fingerprint density at radius 2 is 1.70 bits per heavy atom. The number of piperazine rings is 1. The second-order valence-electron chi connectivity index (χ2n) is 5.81. The minimum Gasteiger partial charge on any atom is -0.441 e. The SMILES string of the molecule is Cc1nc2cc(F)c(N3CCN(c4ccccc4)CC3)cc2o1. The van der Waals surface area contributed by atoms with Gasteiger partial charge in [0.05, 0.1) is 5.69 Å². The van der Waals surface area contributed by atoms with E-state index in [0.717, 1.165) is 26.2 Å². The minimum atomic E-state index is -0.237. The number of hydrogen-bond donors (Lipinski definition) is 0. The summed E-state index contributed by atoms with van der Waals surface area (Å²) >= 11 is 0. The van der Waals surface area contributed by atoms with Crippen LogP contribution in [0.3, 0.4) is 0 Å². The highest BCUT2D eigenvalue weighted by molar-refractivity contribution is 5.78. The van der Waals surface area contributed by atoms with Crippen LogP contribution in [0.5, 0.6) is 0 Å². The van der Waals surface area contributed by atoms with E-state index in [9.17, 15) is 4.39 Å². The summed E-state index contributed by atoms with van der Waals surface area (Å²) in [6, 6.07) is 13.6. The van der Waals surface area contributed by atoms with Gasteiger partial charge in [0, 0.05) is 50.9 Å². The zero-order valence-corrected chi connectivity index (χ0v) is 13.0. The van der Waals surface area contributed by atoms with Crippen LogP contribution in [0.15, 0.2) is 46.9 Å². The number of aromatic nitrogens is 1. The van der Waals surface area contributed by atoms with Crippen molar-refractivity contribution in [2.45, 2.75) is 6.92 Å². The van der Waals surface area contributed by atoms with Crippen LogP contribution < -0.4 is 9.80 Å². The summed E-state index contributed by atoms with van der Waals surface area (Å²) in [6.45, 7) is 5.08. The predicted octanol–water partition coefficient (Wildman–Crippen LogP) is 3.60. The molecule has 0 bridgehead atoms. The molecule has 0 aliphatic carbocycles. The van der Waals surface area contributed by atoms with Crippen molar-refractivity contribution >= 4 is 22.5 Å². The summed E-state index contributed by atoms with van der Waals surface area (Å²) in [6.07, 6.45) is 0. The normalized spacial score (nSPS) is 15.4. The lowest BCUT2D eigenvalue weighted by atomic mass is 10.2. The van der Waals surface area contributed by atoms with Gasteiger partial charge < -0.3 is 14.2 Å². The van der Waals surface area contributed by atoms with E-state index < -0.39 is 0 Å². The van der Waals surface area contributed by atoms with E-state index in [1.807, 2.05) is 18.2 Å². The number of halogens is 1. The van der Waals surface area contributed by atoms with Gasteiger partial charge in [-0.05, 0) is 12.1 Å². The largest absolute Gasteiger partial charge is 0.441 e. The van der Waals surface area contributed by atoms with Crippen LogP contribution in [0.1, 0.15) is 5.89 Å². The fraction of sp³-hybridized carbons (Fsp3) is 0.278. The van der Waals surface area contributed by atoms with Gasteiger partial charge in [-0.3, -0.25) is 0 Å². The van der Waals surface area contributed by atoms with Crippen LogP contribution in [0.4, 0.5) is 15.8 Å². The van der Waals surface area contributed by atoms with Crippen molar-refractivity contribution in [3.8, 4) is 0 Å². The first kappa shape index (κ1) is 14.1. The Bertz CT molecular complexity index is 823. The standard InChI is InChI=1S/C18H18FN3O/c1-13-20-16-11-15(19)17(12-18(16)23-13)22-9-7-21(8-10-22)14-5-3-2-4-6-14/h2-6,11-12H,7-10H2,1H3. The summed E-state index contributed by atoms with van der Waals surface area (Å²) in [5.74, 6) is 0.324. The van der Waals surface area contributed by atoms with Gasteiger partial charge in [0.2, 0.25) is 0 Å². The summed E-state index contributed by atoms with van der Waals surface area (Å²) < 4.78 is 19.9. The van der Waals surface area contributed by atoms with E-state index in [0.29, 0.717) is 22.7 Å². The van der Waals surface area contributed by atoms with Crippen molar-refractivity contribution < 1.29 is 8.81 Å². The molecule has 5 heteroatoms. The number of aryl methyl sites for hydroxylation is 1. The van der Waals surface area contributed by atoms with Crippen molar-refractivity contribution in [1.82, 2.24) is 4.98 Å². The third-order valence-electron chi connectivity index (χ3n) is 4.31. The molecule has 1 aromatic heterocycles. The average Bonchev–Trinajstić information content (AvgIpc) is 2.94. The molecule has 118 valence electrons. The molecular weight excluding hydrogens is 293 g/mol. The van der Waals surface area contributed by atoms with Gasteiger partial charge in [0.15, 0.2) is 11.5 Å². The van der Waals surface area contributed by atoms with Crippen LogP contribution in [0, 0.1) is 12.7 Å². The third-order valence-corrected chi connectivity index (χ3v) is 4.31. The summed E-state index contributed by atoms with van der Waals surface area (Å²) in [5.41, 5.74) is 3.03. The Kier molecular flexibility index (Phi) is 3.41. The highest BCUT2D eigenvalue weighted by atomic mass is 19.1. The first-order valence-electron chi connectivity index (χ1n) is 7.82. The van der Waals surface area contributed by atoms with Crippen molar-refractivity contribution in [2.24, 2.45) is 0 Å². The number of benzene rings is 2. The van der Waals surface area contributed by atoms with E-state index in [4.69, 9.17) is 4.42 Å². The maximum absolute atomic E-state index is 14.4. The molecule has 1 aliphatic heterocycles. The Morgan fingerprint density at radius 1 is 1.00 bits per heavy atom. The average molecular weight is 311 g/mol. The van der Waals surface area contributed by atoms with Gasteiger partial charge >= 0.3 is 0 Å². The molecule has 0 saturated carbocycles. The number of nitrogens with zero attached hydrogens (tertiary/aromatic N) is 3. The number of anilines is 2. The van der Waals surface area contributed by atoms with E-state index in [1.165, 1.54) is 11.8 Å². The monoisotopic (exact) mass is 311 g/mol. The zero-order valence-electron chi connectivity index (χ0n) is 13.0. The fourth-order valence-electron chi connectivity index (χ4n) is 3.14. The molecule has 1 fully saturated rings. The Balaban J connectivity index is 1.55. The maximum Gasteiger partial charge on any atom is 0.192 e. The number of oxazole rings is 1. The van der Waals surface area contributed by atoms with E-state index in [-0.39, 0.29) is 5.82 Å². The minimum absolute atomic E-state index is 0.237. The molecular formula is C18H18FN3O.